The van der Waals surface area contributed by atoms with E-state index in [4.69, 9.17) is 0 Å². The number of likely N-dealkylation sites (tertiary alicyclic amines) is 1. The highest BCUT2D eigenvalue weighted by molar-refractivity contribution is 5.79. The fraction of sp³-hybridized carbons (Fsp3) is 0.385. The van der Waals surface area contributed by atoms with Crippen molar-refractivity contribution in [2.45, 2.75) is 45.4 Å². The smallest absolute Gasteiger partial charge is 0.191 e. The van der Waals surface area contributed by atoms with E-state index in [1.165, 1.54) is 49.0 Å². The summed E-state index contributed by atoms with van der Waals surface area (Å²) in [7, 11) is 1.80. The van der Waals surface area contributed by atoms with Crippen LogP contribution >= 0.6 is 0 Å². The summed E-state index contributed by atoms with van der Waals surface area (Å²) in [5, 5.41) is 11.3. The summed E-state index contributed by atoms with van der Waals surface area (Å²) in [6.07, 6.45) is 8.04. The van der Waals surface area contributed by atoms with Crippen molar-refractivity contribution in [1.82, 2.24) is 25.3 Å². The first-order chi connectivity index (χ1) is 15.8. The van der Waals surface area contributed by atoms with Crippen LogP contribution in [0.5, 0.6) is 0 Å². The Balaban J connectivity index is 1.21. The van der Waals surface area contributed by atoms with Crippen molar-refractivity contribution in [2.75, 3.05) is 20.1 Å². The molecule has 2 N–H and O–H groups in total. The van der Waals surface area contributed by atoms with E-state index in [-0.39, 0.29) is 0 Å². The number of nitrogens with one attached hydrogen (secondary N) is 2. The summed E-state index contributed by atoms with van der Waals surface area (Å²) in [6.45, 7) is 5.74. The molecular weight excluding hydrogens is 396 g/mol. The van der Waals surface area contributed by atoms with Crippen LogP contribution in [0.3, 0.4) is 0 Å². The summed E-state index contributed by atoms with van der Waals surface area (Å²) in [5.41, 5.74) is 5.03. The van der Waals surface area contributed by atoms with Crippen LogP contribution in [0.2, 0.25) is 0 Å². The zero-order chi connectivity index (χ0) is 22.0. The van der Waals surface area contributed by atoms with Crippen LogP contribution in [0.15, 0.2) is 72.0 Å². The van der Waals surface area contributed by atoms with Crippen molar-refractivity contribution in [3.8, 4) is 0 Å². The van der Waals surface area contributed by atoms with Crippen molar-refractivity contribution in [1.29, 1.82) is 0 Å². The third kappa shape index (κ3) is 6.69. The molecule has 0 radical (unpaired) electrons. The Morgan fingerprint density at radius 1 is 0.812 bits per heavy atom. The van der Waals surface area contributed by atoms with Gasteiger partial charge in [0.15, 0.2) is 5.96 Å². The first kappa shape index (κ1) is 22.1. The average Bonchev–Trinajstić information content (AvgIpc) is 3.29. The molecule has 2 heterocycles. The van der Waals surface area contributed by atoms with Crippen LogP contribution < -0.4 is 10.6 Å². The Labute approximate surface area is 191 Å². The van der Waals surface area contributed by atoms with Crippen molar-refractivity contribution in [2.24, 2.45) is 4.99 Å². The molecule has 0 atom stereocenters. The van der Waals surface area contributed by atoms with E-state index < -0.39 is 0 Å². The minimum atomic E-state index is 0.684. The highest BCUT2D eigenvalue weighted by Crippen LogP contribution is 2.13. The Hall–Kier alpha value is -3.12. The highest BCUT2D eigenvalue weighted by atomic mass is 15.3. The molecule has 0 saturated carbocycles. The molecule has 1 aliphatic rings. The van der Waals surface area contributed by atoms with Gasteiger partial charge in [-0.15, -0.1) is 0 Å². The van der Waals surface area contributed by atoms with Crippen LogP contribution in [0, 0.1) is 0 Å². The van der Waals surface area contributed by atoms with Crippen molar-refractivity contribution < 1.29 is 0 Å². The maximum Gasteiger partial charge on any atom is 0.191 e. The predicted molar refractivity (Wildman–Crippen MR) is 130 cm³/mol. The van der Waals surface area contributed by atoms with Gasteiger partial charge in [-0.05, 0) is 42.6 Å². The van der Waals surface area contributed by atoms with Gasteiger partial charge in [0.05, 0.1) is 12.7 Å². The average molecular weight is 431 g/mol. The number of benzene rings is 2. The molecule has 32 heavy (non-hydrogen) atoms. The van der Waals surface area contributed by atoms with E-state index >= 15 is 0 Å². The van der Waals surface area contributed by atoms with Gasteiger partial charge in [0, 0.05) is 38.4 Å². The number of rotatable bonds is 8. The van der Waals surface area contributed by atoms with Crippen LogP contribution in [0.4, 0.5) is 0 Å². The lowest BCUT2D eigenvalue weighted by Crippen LogP contribution is -2.36. The second-order valence-electron chi connectivity index (χ2n) is 8.46. The maximum absolute atomic E-state index is 4.47. The SMILES string of the molecule is CN=C(NCc1ccc(CN2CCCCC2)cc1)NCc1cnn(Cc2ccccc2)c1. The fourth-order valence-electron chi connectivity index (χ4n) is 4.09. The largest absolute Gasteiger partial charge is 0.352 e. The van der Waals surface area contributed by atoms with Gasteiger partial charge < -0.3 is 10.6 Å². The number of hydrogen-bond donors (Lipinski definition) is 2. The molecule has 168 valence electrons. The molecule has 0 bridgehead atoms. The van der Waals surface area contributed by atoms with Gasteiger partial charge in [-0.3, -0.25) is 14.6 Å². The Morgan fingerprint density at radius 2 is 1.47 bits per heavy atom. The highest BCUT2D eigenvalue weighted by Gasteiger charge is 2.10. The molecule has 1 saturated heterocycles. The lowest BCUT2D eigenvalue weighted by Gasteiger charge is -2.26. The third-order valence-electron chi connectivity index (χ3n) is 5.90. The molecule has 0 spiro atoms. The van der Waals surface area contributed by atoms with Crippen molar-refractivity contribution in [3.05, 3.63) is 89.2 Å². The minimum absolute atomic E-state index is 0.684. The van der Waals surface area contributed by atoms with E-state index in [0.717, 1.165) is 31.2 Å². The lowest BCUT2D eigenvalue weighted by molar-refractivity contribution is 0.221. The van der Waals surface area contributed by atoms with Crippen LogP contribution in [0.1, 0.15) is 41.5 Å². The van der Waals surface area contributed by atoms with Gasteiger partial charge in [-0.25, -0.2) is 0 Å². The quantitative estimate of drug-likeness (QED) is 0.422. The minimum Gasteiger partial charge on any atom is -0.352 e. The second-order valence-corrected chi connectivity index (χ2v) is 8.46. The standard InChI is InChI=1S/C26H34N6/c1-27-26(29-17-25-18-30-32(21-25)20-23-8-4-2-5-9-23)28-16-22-10-12-24(13-11-22)19-31-14-6-3-7-15-31/h2,4-5,8-13,18,21H,3,6-7,14-17,19-20H2,1H3,(H2,27,28,29). The molecule has 1 fully saturated rings. The summed E-state index contributed by atoms with van der Waals surface area (Å²) in [6, 6.07) is 19.3. The van der Waals surface area contributed by atoms with Gasteiger partial charge in [0.1, 0.15) is 0 Å². The molecule has 6 heteroatoms. The Bertz CT molecular complexity index is 971. The summed E-state index contributed by atoms with van der Waals surface area (Å²) in [4.78, 5) is 6.91. The van der Waals surface area contributed by atoms with Crippen molar-refractivity contribution >= 4 is 5.96 Å². The van der Waals surface area contributed by atoms with Crippen LogP contribution in [-0.4, -0.2) is 40.8 Å². The van der Waals surface area contributed by atoms with E-state index in [0.29, 0.717) is 6.54 Å². The molecule has 0 amide bonds. The zero-order valence-electron chi connectivity index (χ0n) is 19.0. The normalized spacial score (nSPS) is 15.0. The Morgan fingerprint density at radius 3 is 2.19 bits per heavy atom. The number of piperidine rings is 1. The predicted octanol–water partition coefficient (Wildman–Crippen LogP) is 3.78. The van der Waals surface area contributed by atoms with Crippen LogP contribution in [-0.2, 0) is 26.2 Å². The number of guanidine groups is 1. The Kier molecular flexibility index (Phi) is 7.93. The first-order valence-electron chi connectivity index (χ1n) is 11.6. The number of aliphatic imine (C=N–C) groups is 1. The van der Waals surface area contributed by atoms with Gasteiger partial charge in [0.2, 0.25) is 0 Å². The fourth-order valence-corrected chi connectivity index (χ4v) is 4.09. The monoisotopic (exact) mass is 430 g/mol. The molecule has 4 rings (SSSR count). The number of nitrogens with zero attached hydrogens (tertiary/aromatic N) is 4. The van der Waals surface area contributed by atoms with E-state index in [9.17, 15) is 0 Å². The van der Waals surface area contributed by atoms with Crippen molar-refractivity contribution in [3.63, 3.8) is 0 Å². The molecule has 3 aromatic rings. The summed E-state index contributed by atoms with van der Waals surface area (Å²) >= 11 is 0. The molecule has 6 nitrogen and oxygen atoms in total. The molecule has 1 aromatic heterocycles. The summed E-state index contributed by atoms with van der Waals surface area (Å²) < 4.78 is 1.97. The summed E-state index contributed by atoms with van der Waals surface area (Å²) in [5.74, 6) is 0.790. The van der Waals surface area contributed by atoms with E-state index in [1.54, 1.807) is 7.05 Å². The van der Waals surface area contributed by atoms with E-state index in [2.05, 4.69) is 80.4 Å². The second kappa shape index (κ2) is 11.5. The third-order valence-corrected chi connectivity index (χ3v) is 5.90. The first-order valence-corrected chi connectivity index (χ1v) is 11.6. The van der Waals surface area contributed by atoms with Gasteiger partial charge in [-0.1, -0.05) is 61.0 Å². The van der Waals surface area contributed by atoms with Crippen LogP contribution in [0.25, 0.3) is 0 Å². The molecule has 1 aliphatic heterocycles. The van der Waals surface area contributed by atoms with Gasteiger partial charge >= 0.3 is 0 Å². The maximum atomic E-state index is 4.47. The van der Waals surface area contributed by atoms with Gasteiger partial charge in [-0.2, -0.15) is 5.10 Å². The lowest BCUT2D eigenvalue weighted by atomic mass is 10.1. The molecule has 0 unspecified atom stereocenters. The van der Waals surface area contributed by atoms with E-state index in [1.807, 2.05) is 16.9 Å². The van der Waals surface area contributed by atoms with Gasteiger partial charge in [0.25, 0.3) is 0 Å². The number of aromatic nitrogens is 2. The zero-order valence-corrected chi connectivity index (χ0v) is 19.0. The molecule has 0 aliphatic carbocycles. The molecule has 2 aromatic carbocycles. The number of hydrogen-bond acceptors (Lipinski definition) is 3. The molecular formula is C26H34N6. The topological polar surface area (TPSA) is 57.5 Å².